The second-order valence-electron chi connectivity index (χ2n) is 2.94. The molecule has 0 saturated heterocycles. The fraction of sp³-hybridized carbons (Fsp3) is 0.778. The molecule has 76 valence electrons. The van der Waals surface area contributed by atoms with Gasteiger partial charge in [0.05, 0.1) is 12.5 Å². The van der Waals surface area contributed by atoms with Crippen molar-refractivity contribution in [2.75, 3.05) is 6.54 Å². The third-order valence-corrected chi connectivity index (χ3v) is 1.61. The minimum absolute atomic E-state index is 0.0372. The fourth-order valence-electron chi connectivity index (χ4n) is 0.707. The van der Waals surface area contributed by atoms with Crippen LogP contribution in [0.5, 0.6) is 0 Å². The van der Waals surface area contributed by atoms with Crippen molar-refractivity contribution in [2.24, 2.45) is 0 Å². The number of carbonyl (C=O) groups excluding carboxylic acids is 2. The Morgan fingerprint density at radius 2 is 2.08 bits per heavy atom. The van der Waals surface area contributed by atoms with E-state index in [1.807, 2.05) is 13.8 Å². The fourth-order valence-corrected chi connectivity index (χ4v) is 0.707. The lowest BCUT2D eigenvalue weighted by molar-refractivity contribution is -0.148. The number of amides is 1. The van der Waals surface area contributed by atoms with E-state index in [1.165, 1.54) is 6.92 Å². The van der Waals surface area contributed by atoms with Crippen molar-refractivity contribution in [3.05, 3.63) is 0 Å². The Balaban J connectivity index is 3.46. The van der Waals surface area contributed by atoms with Gasteiger partial charge in [0, 0.05) is 13.5 Å². The van der Waals surface area contributed by atoms with E-state index in [0.29, 0.717) is 6.54 Å². The minimum atomic E-state index is -0.261. The van der Waals surface area contributed by atoms with Gasteiger partial charge in [-0.15, -0.1) is 0 Å². The first kappa shape index (κ1) is 11.9. The lowest BCUT2D eigenvalue weighted by Gasteiger charge is -2.10. The first-order valence-corrected chi connectivity index (χ1v) is 4.50. The third-order valence-electron chi connectivity index (χ3n) is 1.61. The van der Waals surface area contributed by atoms with Gasteiger partial charge in [0.2, 0.25) is 5.91 Å². The van der Waals surface area contributed by atoms with Crippen LogP contribution in [0.2, 0.25) is 0 Å². The maximum absolute atomic E-state index is 11.0. The first-order chi connectivity index (χ1) is 6.06. The van der Waals surface area contributed by atoms with Crippen molar-refractivity contribution in [3.63, 3.8) is 0 Å². The molecule has 4 nitrogen and oxygen atoms in total. The molecule has 4 heteroatoms. The molecule has 0 aliphatic heterocycles. The van der Waals surface area contributed by atoms with E-state index >= 15 is 0 Å². The van der Waals surface area contributed by atoms with E-state index in [0.717, 1.165) is 6.42 Å². The molecule has 1 atom stereocenters. The van der Waals surface area contributed by atoms with Crippen LogP contribution in [0.3, 0.4) is 0 Å². The summed E-state index contributed by atoms with van der Waals surface area (Å²) in [5, 5.41) is 2.53. The number of hydrogen-bond acceptors (Lipinski definition) is 3. The molecule has 0 heterocycles. The molecule has 0 fully saturated rings. The zero-order chi connectivity index (χ0) is 10.3. The van der Waals surface area contributed by atoms with Gasteiger partial charge in [-0.1, -0.05) is 6.92 Å². The summed E-state index contributed by atoms with van der Waals surface area (Å²) in [6.45, 7) is 5.56. The van der Waals surface area contributed by atoms with Gasteiger partial charge in [0.1, 0.15) is 0 Å². The number of nitrogens with one attached hydrogen (secondary N) is 1. The Morgan fingerprint density at radius 1 is 1.46 bits per heavy atom. The van der Waals surface area contributed by atoms with Crippen molar-refractivity contribution in [1.29, 1.82) is 0 Å². The van der Waals surface area contributed by atoms with Gasteiger partial charge in [-0.05, 0) is 13.3 Å². The van der Waals surface area contributed by atoms with Gasteiger partial charge in [-0.25, -0.2) is 0 Å². The zero-order valence-electron chi connectivity index (χ0n) is 8.42. The van der Waals surface area contributed by atoms with Crippen molar-refractivity contribution >= 4 is 11.9 Å². The normalized spacial score (nSPS) is 11.9. The molecule has 1 unspecified atom stereocenters. The second-order valence-corrected chi connectivity index (χ2v) is 2.94. The standard InChI is InChI=1S/C9H17NO3/c1-4-7(2)13-9(12)5-6-10-8(3)11/h7H,4-6H2,1-3H3,(H,10,11). The number of carbonyl (C=O) groups is 2. The highest BCUT2D eigenvalue weighted by atomic mass is 16.5. The molecule has 0 aromatic rings. The molecular formula is C9H17NO3. The molecule has 0 aromatic carbocycles. The Morgan fingerprint density at radius 3 is 2.54 bits per heavy atom. The molecule has 0 aliphatic carbocycles. The van der Waals surface area contributed by atoms with E-state index in [4.69, 9.17) is 4.74 Å². The summed E-state index contributed by atoms with van der Waals surface area (Å²) in [5.74, 6) is -0.389. The van der Waals surface area contributed by atoms with Crippen LogP contribution in [0.1, 0.15) is 33.6 Å². The van der Waals surface area contributed by atoms with Crippen molar-refractivity contribution in [1.82, 2.24) is 5.32 Å². The van der Waals surface area contributed by atoms with Crippen LogP contribution in [0.4, 0.5) is 0 Å². The van der Waals surface area contributed by atoms with Crippen molar-refractivity contribution < 1.29 is 14.3 Å². The highest BCUT2D eigenvalue weighted by Gasteiger charge is 2.06. The summed E-state index contributed by atoms with van der Waals surface area (Å²) in [7, 11) is 0. The summed E-state index contributed by atoms with van der Waals surface area (Å²) in [5.41, 5.74) is 0. The molecule has 0 bridgehead atoms. The summed E-state index contributed by atoms with van der Waals surface area (Å²) >= 11 is 0. The Hall–Kier alpha value is -1.06. The predicted molar refractivity (Wildman–Crippen MR) is 49.1 cm³/mol. The number of ether oxygens (including phenoxy) is 1. The maximum atomic E-state index is 11.0. The van der Waals surface area contributed by atoms with Gasteiger partial charge in [0.15, 0.2) is 0 Å². The van der Waals surface area contributed by atoms with Crippen LogP contribution < -0.4 is 5.32 Å². The smallest absolute Gasteiger partial charge is 0.307 e. The summed E-state index contributed by atoms with van der Waals surface area (Å²) < 4.78 is 4.99. The lowest BCUT2D eigenvalue weighted by atomic mass is 10.3. The lowest BCUT2D eigenvalue weighted by Crippen LogP contribution is -2.24. The van der Waals surface area contributed by atoms with Crippen LogP contribution in [0, 0.1) is 0 Å². The number of hydrogen-bond donors (Lipinski definition) is 1. The van der Waals surface area contributed by atoms with Crippen LogP contribution in [0.15, 0.2) is 0 Å². The Labute approximate surface area is 78.6 Å². The molecule has 0 aromatic heterocycles. The van der Waals surface area contributed by atoms with Crippen LogP contribution in [-0.4, -0.2) is 24.5 Å². The van der Waals surface area contributed by atoms with Crippen molar-refractivity contribution in [3.8, 4) is 0 Å². The van der Waals surface area contributed by atoms with Gasteiger partial charge in [-0.3, -0.25) is 9.59 Å². The SMILES string of the molecule is CCC(C)OC(=O)CCNC(C)=O. The van der Waals surface area contributed by atoms with Crippen LogP contribution in [0.25, 0.3) is 0 Å². The zero-order valence-corrected chi connectivity index (χ0v) is 8.42. The monoisotopic (exact) mass is 187 g/mol. The van der Waals surface area contributed by atoms with Gasteiger partial charge >= 0.3 is 5.97 Å². The summed E-state index contributed by atoms with van der Waals surface area (Å²) in [6, 6.07) is 0. The molecule has 0 rings (SSSR count). The molecule has 1 amide bonds. The van der Waals surface area contributed by atoms with E-state index in [-0.39, 0.29) is 24.4 Å². The van der Waals surface area contributed by atoms with Gasteiger partial charge in [0.25, 0.3) is 0 Å². The molecule has 1 N–H and O–H groups in total. The molecule has 0 radical (unpaired) electrons. The summed E-state index contributed by atoms with van der Waals surface area (Å²) in [6.07, 6.45) is 1.01. The molecular weight excluding hydrogens is 170 g/mol. The molecule has 0 aliphatic rings. The topological polar surface area (TPSA) is 55.4 Å². The quantitative estimate of drug-likeness (QED) is 0.649. The number of rotatable bonds is 5. The van der Waals surface area contributed by atoms with Crippen molar-refractivity contribution in [2.45, 2.75) is 39.7 Å². The average Bonchev–Trinajstić information content (AvgIpc) is 2.03. The Bertz CT molecular complexity index is 180. The van der Waals surface area contributed by atoms with E-state index < -0.39 is 0 Å². The third kappa shape index (κ3) is 7.31. The van der Waals surface area contributed by atoms with E-state index in [9.17, 15) is 9.59 Å². The molecule has 13 heavy (non-hydrogen) atoms. The van der Waals surface area contributed by atoms with E-state index in [1.54, 1.807) is 0 Å². The average molecular weight is 187 g/mol. The predicted octanol–water partition coefficient (Wildman–Crippen LogP) is 0.854. The van der Waals surface area contributed by atoms with Crippen LogP contribution >= 0.6 is 0 Å². The van der Waals surface area contributed by atoms with Gasteiger partial charge < -0.3 is 10.1 Å². The minimum Gasteiger partial charge on any atom is -0.463 e. The second kappa shape index (κ2) is 6.46. The highest BCUT2D eigenvalue weighted by Crippen LogP contribution is 1.97. The van der Waals surface area contributed by atoms with Gasteiger partial charge in [-0.2, -0.15) is 0 Å². The first-order valence-electron chi connectivity index (χ1n) is 4.50. The highest BCUT2D eigenvalue weighted by molar-refractivity contribution is 5.74. The maximum Gasteiger partial charge on any atom is 0.307 e. The number of esters is 1. The largest absolute Gasteiger partial charge is 0.463 e. The Kier molecular flexibility index (Phi) is 5.93. The van der Waals surface area contributed by atoms with E-state index in [2.05, 4.69) is 5.32 Å². The summed E-state index contributed by atoms with van der Waals surface area (Å²) in [4.78, 5) is 21.5. The van der Waals surface area contributed by atoms with Crippen LogP contribution in [-0.2, 0) is 14.3 Å². The molecule has 0 spiro atoms. The molecule has 0 saturated carbocycles.